The minimum Gasteiger partial charge on any atom is -0.508 e. The third-order valence-electron chi connectivity index (χ3n) is 6.09. The van der Waals surface area contributed by atoms with E-state index >= 15 is 4.39 Å². The third kappa shape index (κ3) is 3.45. The van der Waals surface area contributed by atoms with Crippen LogP contribution in [0.3, 0.4) is 0 Å². The van der Waals surface area contributed by atoms with Crippen LogP contribution >= 0.6 is 0 Å². The number of rotatable bonds is 4. The Morgan fingerprint density at radius 1 is 1.24 bits per heavy atom. The van der Waals surface area contributed by atoms with E-state index in [-0.39, 0.29) is 40.7 Å². The number of aliphatic hydroxyl groups excluding tert-OH is 1. The molecule has 34 heavy (non-hydrogen) atoms. The summed E-state index contributed by atoms with van der Waals surface area (Å²) >= 11 is 0. The van der Waals surface area contributed by atoms with E-state index in [2.05, 4.69) is 15.0 Å². The number of nitrogens with zero attached hydrogens (tertiary/aromatic N) is 4. The molecule has 2 aromatic heterocycles. The van der Waals surface area contributed by atoms with E-state index in [0.717, 1.165) is 21.2 Å². The molecule has 0 saturated carbocycles. The fraction of sp³-hybridized carbons (Fsp3) is 0.292. The highest BCUT2D eigenvalue weighted by molar-refractivity contribution is 6.01. The molecular weight excluding hydrogens is 449 g/mol. The number of fused-ring (bicyclic) bond motifs is 2. The number of aromatic hydroxyl groups is 1. The molecule has 0 aliphatic carbocycles. The normalized spacial score (nSPS) is 17.6. The van der Waals surface area contributed by atoms with Gasteiger partial charge >= 0.3 is 6.01 Å². The van der Waals surface area contributed by atoms with Crippen molar-refractivity contribution in [2.75, 3.05) is 25.1 Å². The topological polar surface area (TPSA) is 91.6 Å². The lowest BCUT2D eigenvalue weighted by molar-refractivity contribution is -0.0712. The molecule has 10 heteroatoms. The number of ether oxygens (including phenoxy) is 1. The molecule has 1 unspecified atom stereocenters. The van der Waals surface area contributed by atoms with Crippen LogP contribution in [-0.4, -0.2) is 57.4 Å². The molecule has 1 aliphatic rings. The minimum absolute atomic E-state index is 0.00830. The molecule has 0 radical (unpaired) electrons. The molecular formula is C24H21F3N4O3. The monoisotopic (exact) mass is 470 g/mol. The Balaban J connectivity index is 1.76. The maximum Gasteiger partial charge on any atom is 0.318 e. The molecule has 2 aromatic carbocycles. The summed E-state index contributed by atoms with van der Waals surface area (Å²) in [5, 5.41) is 21.6. The van der Waals surface area contributed by atoms with Crippen molar-refractivity contribution in [2.45, 2.75) is 25.4 Å². The zero-order chi connectivity index (χ0) is 24.2. The van der Waals surface area contributed by atoms with Crippen LogP contribution in [0.5, 0.6) is 11.8 Å². The van der Waals surface area contributed by atoms with Crippen LogP contribution in [0.1, 0.15) is 12.5 Å². The number of phenols is 1. The van der Waals surface area contributed by atoms with Crippen LogP contribution in [0.25, 0.3) is 32.9 Å². The van der Waals surface area contributed by atoms with Gasteiger partial charge in [-0.05, 0) is 34.9 Å². The number of benzene rings is 2. The second-order valence-corrected chi connectivity index (χ2v) is 8.24. The number of aryl methyl sites for hydroxylation is 1. The van der Waals surface area contributed by atoms with Crippen molar-refractivity contribution in [3.63, 3.8) is 0 Å². The lowest BCUT2D eigenvalue weighted by atomic mass is 9.95. The first kappa shape index (κ1) is 22.1. The summed E-state index contributed by atoms with van der Waals surface area (Å²) in [7, 11) is 1.29. The second kappa shape index (κ2) is 7.98. The van der Waals surface area contributed by atoms with Crippen LogP contribution in [0.2, 0.25) is 0 Å². The Bertz CT molecular complexity index is 1430. The number of methoxy groups -OCH3 is 1. The molecule has 1 fully saturated rings. The van der Waals surface area contributed by atoms with Crippen molar-refractivity contribution in [1.82, 2.24) is 15.0 Å². The smallest absolute Gasteiger partial charge is 0.318 e. The van der Waals surface area contributed by atoms with Gasteiger partial charge in [0.25, 0.3) is 5.92 Å². The first-order valence-corrected chi connectivity index (χ1v) is 10.7. The van der Waals surface area contributed by atoms with Gasteiger partial charge in [0.05, 0.1) is 25.6 Å². The van der Waals surface area contributed by atoms with Gasteiger partial charge in [-0.25, -0.2) is 13.2 Å². The third-order valence-corrected chi connectivity index (χ3v) is 6.09. The molecule has 176 valence electrons. The van der Waals surface area contributed by atoms with Gasteiger partial charge in [-0.3, -0.25) is 4.98 Å². The first-order chi connectivity index (χ1) is 16.2. The fourth-order valence-electron chi connectivity index (χ4n) is 4.44. The number of aliphatic hydroxyl groups is 1. The first-order valence-electron chi connectivity index (χ1n) is 10.7. The Labute approximate surface area is 192 Å². The average molecular weight is 470 g/mol. The van der Waals surface area contributed by atoms with Gasteiger partial charge in [-0.2, -0.15) is 9.97 Å². The number of β-amino-alcohol motifs (C(OH)–C–C–N with tert-alkyl or cyclic N) is 1. The van der Waals surface area contributed by atoms with E-state index in [1.54, 1.807) is 6.07 Å². The Hall–Kier alpha value is -3.66. The van der Waals surface area contributed by atoms with Gasteiger partial charge in [-0.1, -0.05) is 25.1 Å². The molecule has 0 spiro atoms. The maximum atomic E-state index is 16.0. The summed E-state index contributed by atoms with van der Waals surface area (Å²) in [5.41, 5.74) is 1.12. The predicted molar refractivity (Wildman–Crippen MR) is 121 cm³/mol. The molecule has 7 nitrogen and oxygen atoms in total. The second-order valence-electron chi connectivity index (χ2n) is 8.24. The van der Waals surface area contributed by atoms with E-state index in [1.807, 2.05) is 25.1 Å². The van der Waals surface area contributed by atoms with Gasteiger partial charge in [0.2, 0.25) is 0 Å². The number of halogens is 3. The summed E-state index contributed by atoms with van der Waals surface area (Å²) in [6.07, 6.45) is 0.109. The minimum atomic E-state index is -3.34. The van der Waals surface area contributed by atoms with Crippen molar-refractivity contribution >= 4 is 27.5 Å². The van der Waals surface area contributed by atoms with Crippen LogP contribution in [0.15, 0.2) is 36.5 Å². The van der Waals surface area contributed by atoms with Gasteiger partial charge in [0.15, 0.2) is 5.82 Å². The predicted octanol–water partition coefficient (Wildman–Crippen LogP) is 4.08. The van der Waals surface area contributed by atoms with Crippen molar-refractivity contribution in [3.8, 4) is 23.0 Å². The van der Waals surface area contributed by atoms with Gasteiger partial charge in [0, 0.05) is 11.8 Å². The number of aromatic nitrogens is 3. The Morgan fingerprint density at radius 3 is 2.71 bits per heavy atom. The molecule has 0 bridgehead atoms. The van der Waals surface area contributed by atoms with E-state index < -0.39 is 24.4 Å². The Morgan fingerprint density at radius 2 is 2.03 bits per heavy atom. The number of pyridine rings is 1. The molecule has 2 N–H and O–H groups in total. The van der Waals surface area contributed by atoms with Crippen LogP contribution in [0, 0.1) is 5.82 Å². The van der Waals surface area contributed by atoms with Gasteiger partial charge in [-0.15, -0.1) is 0 Å². The fourth-order valence-corrected chi connectivity index (χ4v) is 4.44. The van der Waals surface area contributed by atoms with Crippen LogP contribution in [0.4, 0.5) is 19.0 Å². The number of alkyl halides is 2. The highest BCUT2D eigenvalue weighted by Gasteiger charge is 2.48. The van der Waals surface area contributed by atoms with Gasteiger partial charge in [0.1, 0.15) is 28.9 Å². The van der Waals surface area contributed by atoms with Gasteiger partial charge < -0.3 is 19.8 Å². The SMILES string of the molecule is CCc1cccc2cc(O)cc(-c3ncc4c(N5CC(O)C(F)(F)C5)nc(OC)nc4c3F)c12. The van der Waals surface area contributed by atoms with Crippen molar-refractivity contribution in [1.29, 1.82) is 0 Å². The largest absolute Gasteiger partial charge is 0.508 e. The van der Waals surface area contributed by atoms with Crippen molar-refractivity contribution in [3.05, 3.63) is 47.9 Å². The summed E-state index contributed by atoms with van der Waals surface area (Å²) < 4.78 is 49.1. The van der Waals surface area contributed by atoms with Crippen molar-refractivity contribution < 1.29 is 28.1 Å². The number of hydrogen-bond acceptors (Lipinski definition) is 7. The summed E-state index contributed by atoms with van der Waals surface area (Å²) in [6, 6.07) is 8.43. The Kier molecular flexibility index (Phi) is 5.20. The number of anilines is 1. The summed E-state index contributed by atoms with van der Waals surface area (Å²) in [6.45, 7) is 0.798. The molecule has 4 aromatic rings. The zero-order valence-corrected chi connectivity index (χ0v) is 18.4. The highest BCUT2D eigenvalue weighted by Crippen LogP contribution is 2.39. The van der Waals surface area contributed by atoms with Crippen LogP contribution in [-0.2, 0) is 6.42 Å². The molecule has 3 heterocycles. The molecule has 5 rings (SSSR count). The lowest BCUT2D eigenvalue weighted by Gasteiger charge is -2.19. The number of phenolic OH excluding ortho intramolecular Hbond substituents is 1. The van der Waals surface area contributed by atoms with E-state index in [1.165, 1.54) is 19.4 Å². The maximum absolute atomic E-state index is 16.0. The van der Waals surface area contributed by atoms with E-state index in [0.29, 0.717) is 12.0 Å². The average Bonchev–Trinajstić information content (AvgIpc) is 3.09. The number of hydrogen-bond donors (Lipinski definition) is 2. The molecule has 1 aliphatic heterocycles. The van der Waals surface area contributed by atoms with E-state index in [4.69, 9.17) is 4.74 Å². The van der Waals surface area contributed by atoms with Crippen molar-refractivity contribution in [2.24, 2.45) is 0 Å². The molecule has 1 atom stereocenters. The standard InChI is InChI=1S/C24H21F3N4O3/c1-3-12-5-4-6-13-7-14(32)8-15(18(12)13)20-19(25)21-16(9-28-20)22(30-23(29-21)34-2)31-10-17(33)24(26,27)11-31/h4-9,17,32-33H,3,10-11H2,1-2H3. The molecule has 1 saturated heterocycles. The zero-order valence-electron chi connectivity index (χ0n) is 18.4. The highest BCUT2D eigenvalue weighted by atomic mass is 19.3. The molecule has 0 amide bonds. The lowest BCUT2D eigenvalue weighted by Crippen LogP contribution is -2.31. The van der Waals surface area contributed by atoms with E-state index in [9.17, 15) is 19.0 Å². The summed E-state index contributed by atoms with van der Waals surface area (Å²) in [4.78, 5) is 13.7. The summed E-state index contributed by atoms with van der Waals surface area (Å²) in [5.74, 6) is -4.20. The quantitative estimate of drug-likeness (QED) is 0.465. The van der Waals surface area contributed by atoms with Crippen LogP contribution < -0.4 is 9.64 Å².